The average molecular weight is 607 g/mol. The number of ether oxygens (including phenoxy) is 1. The number of alkyl halides is 3. The maximum atomic E-state index is 13.8. The van der Waals surface area contributed by atoms with E-state index in [1.54, 1.807) is 42.5 Å². The molecule has 0 saturated carbocycles. The average Bonchev–Trinajstić information content (AvgIpc) is 3.50. The number of sulfone groups is 1. The molecule has 4 aromatic rings. The second-order valence-electron chi connectivity index (χ2n) is 11.2. The summed E-state index contributed by atoms with van der Waals surface area (Å²) in [5.74, 6) is -1.00. The number of rotatable bonds is 8. The van der Waals surface area contributed by atoms with Crippen LogP contribution in [0, 0.1) is 5.41 Å². The summed E-state index contributed by atoms with van der Waals surface area (Å²) in [6, 6.07) is 16.7. The summed E-state index contributed by atoms with van der Waals surface area (Å²) in [6.45, 7) is 7.11. The smallest absolute Gasteiger partial charge is 0.435 e. The van der Waals surface area contributed by atoms with E-state index < -0.39 is 33.3 Å². The second-order valence-corrected chi connectivity index (χ2v) is 14.3. The van der Waals surface area contributed by atoms with E-state index in [1.807, 2.05) is 20.8 Å². The van der Waals surface area contributed by atoms with Crippen LogP contribution in [-0.2, 0) is 20.8 Å². The first kappa shape index (κ1) is 30.3. The molecule has 0 fully saturated rings. The first-order chi connectivity index (χ1) is 18.9. The van der Waals surface area contributed by atoms with Crippen molar-refractivity contribution in [2.24, 2.45) is 5.41 Å². The van der Waals surface area contributed by atoms with Gasteiger partial charge < -0.3 is 9.84 Å². The van der Waals surface area contributed by atoms with Crippen molar-refractivity contribution in [1.29, 1.82) is 0 Å². The summed E-state index contributed by atoms with van der Waals surface area (Å²) < 4.78 is 72.4. The molecule has 12 heteroatoms. The van der Waals surface area contributed by atoms with E-state index in [2.05, 4.69) is 5.10 Å². The maximum Gasteiger partial charge on any atom is 0.435 e. The van der Waals surface area contributed by atoms with E-state index in [-0.39, 0.29) is 33.9 Å². The lowest BCUT2D eigenvalue weighted by atomic mass is 9.82. The van der Waals surface area contributed by atoms with Gasteiger partial charge in [0.2, 0.25) is 5.60 Å². The molecule has 2 aromatic heterocycles. The minimum Gasteiger partial charge on any atom is -0.478 e. The SMILES string of the molecule is CC(C)(C)CC(C)(Oc1cccc(-n2nc(C(F)(F)F)cc2-c2ccc(-c3cccc(S(C)(=O)=O)c3)s2)c1)C(=O)O. The predicted molar refractivity (Wildman–Crippen MR) is 151 cm³/mol. The zero-order valence-electron chi connectivity index (χ0n) is 23.0. The minimum absolute atomic E-state index is 0.131. The molecule has 0 aliphatic carbocycles. The van der Waals surface area contributed by atoms with E-state index in [0.29, 0.717) is 15.3 Å². The summed E-state index contributed by atoms with van der Waals surface area (Å²) in [6.07, 6.45) is -3.43. The molecule has 1 atom stereocenters. The quantitative estimate of drug-likeness (QED) is 0.225. The van der Waals surface area contributed by atoms with Crippen LogP contribution in [0.5, 0.6) is 5.75 Å². The number of hydrogen-bond donors (Lipinski definition) is 1. The lowest BCUT2D eigenvalue weighted by molar-refractivity contribution is -0.156. The Morgan fingerprint density at radius 2 is 1.63 bits per heavy atom. The molecule has 0 aliphatic rings. The summed E-state index contributed by atoms with van der Waals surface area (Å²) in [4.78, 5) is 13.4. The number of aromatic nitrogens is 2. The Morgan fingerprint density at radius 3 is 2.24 bits per heavy atom. The number of carbonyl (C=O) groups is 1. The van der Waals surface area contributed by atoms with Crippen molar-refractivity contribution in [3.05, 3.63) is 72.4 Å². The highest BCUT2D eigenvalue weighted by molar-refractivity contribution is 7.90. The van der Waals surface area contributed by atoms with Gasteiger partial charge in [-0.15, -0.1) is 11.3 Å². The molecule has 0 bridgehead atoms. The summed E-state index contributed by atoms with van der Waals surface area (Å²) >= 11 is 1.18. The van der Waals surface area contributed by atoms with Crippen LogP contribution in [0.15, 0.2) is 71.6 Å². The number of benzene rings is 2. The van der Waals surface area contributed by atoms with Crippen LogP contribution in [0.1, 0.15) is 39.8 Å². The van der Waals surface area contributed by atoms with E-state index in [4.69, 9.17) is 4.74 Å². The Kier molecular flexibility index (Phi) is 7.87. The van der Waals surface area contributed by atoms with Crippen molar-refractivity contribution in [3.63, 3.8) is 0 Å². The summed E-state index contributed by atoms with van der Waals surface area (Å²) in [7, 11) is -3.45. The molecule has 218 valence electrons. The van der Waals surface area contributed by atoms with Gasteiger partial charge >= 0.3 is 12.1 Å². The van der Waals surface area contributed by atoms with Gasteiger partial charge in [-0.2, -0.15) is 18.3 Å². The molecule has 0 aliphatic heterocycles. The first-order valence-electron chi connectivity index (χ1n) is 12.5. The Labute approximate surface area is 240 Å². The highest BCUT2D eigenvalue weighted by Crippen LogP contribution is 2.39. The lowest BCUT2D eigenvalue weighted by Crippen LogP contribution is -2.44. The highest BCUT2D eigenvalue weighted by Gasteiger charge is 2.40. The Bertz CT molecular complexity index is 1700. The number of thiophene rings is 1. The molecule has 0 saturated heterocycles. The fourth-order valence-electron chi connectivity index (χ4n) is 4.51. The normalized spacial score (nSPS) is 14.0. The summed E-state index contributed by atoms with van der Waals surface area (Å²) in [5.41, 5.74) is -2.06. The van der Waals surface area contributed by atoms with E-state index in [1.165, 1.54) is 36.5 Å². The fraction of sp³-hybridized carbons (Fsp3) is 0.310. The molecular formula is C29H29F3N2O5S2. The predicted octanol–water partition coefficient (Wildman–Crippen LogP) is 7.35. The van der Waals surface area contributed by atoms with Gasteiger partial charge in [-0.05, 0) is 60.4 Å². The number of nitrogens with zero attached hydrogens (tertiary/aromatic N) is 2. The van der Waals surface area contributed by atoms with Gasteiger partial charge in [-0.25, -0.2) is 17.9 Å². The largest absolute Gasteiger partial charge is 0.478 e. The van der Waals surface area contributed by atoms with Gasteiger partial charge in [0.15, 0.2) is 15.5 Å². The van der Waals surface area contributed by atoms with Gasteiger partial charge in [-0.3, -0.25) is 0 Å². The third kappa shape index (κ3) is 6.99. The molecule has 2 aromatic carbocycles. The van der Waals surface area contributed by atoms with Crippen molar-refractivity contribution in [2.75, 3.05) is 6.26 Å². The number of hydrogen-bond acceptors (Lipinski definition) is 6. The number of halogens is 3. The summed E-state index contributed by atoms with van der Waals surface area (Å²) in [5, 5.41) is 13.7. The van der Waals surface area contributed by atoms with Crippen molar-refractivity contribution < 1.29 is 36.2 Å². The van der Waals surface area contributed by atoms with Gasteiger partial charge in [0.05, 0.1) is 21.2 Å². The fourth-order valence-corrected chi connectivity index (χ4v) is 6.18. The standard InChI is InChI=1S/C29H29F3N2O5S2/c1-27(2,3)17-28(4,26(35)36)39-20-10-7-9-19(15-20)34-22(16-25(33-34)29(30,31)32)24-13-12-23(40-24)18-8-6-11-21(14-18)41(5,37)38/h6-16H,17H2,1-5H3,(H,35,36). The molecule has 7 nitrogen and oxygen atoms in total. The van der Waals surface area contributed by atoms with Gasteiger partial charge in [0.1, 0.15) is 5.75 Å². The van der Waals surface area contributed by atoms with E-state index >= 15 is 0 Å². The zero-order valence-corrected chi connectivity index (χ0v) is 24.6. The first-order valence-corrected chi connectivity index (χ1v) is 15.2. The van der Waals surface area contributed by atoms with Crippen LogP contribution in [-0.4, -0.2) is 41.1 Å². The van der Waals surface area contributed by atoms with Crippen molar-refractivity contribution >= 4 is 27.1 Å². The van der Waals surface area contributed by atoms with Crippen molar-refractivity contribution in [3.8, 4) is 32.4 Å². The van der Waals surface area contributed by atoms with Gasteiger partial charge in [-0.1, -0.05) is 39.0 Å². The van der Waals surface area contributed by atoms with Crippen LogP contribution in [0.3, 0.4) is 0 Å². The van der Waals surface area contributed by atoms with Crippen molar-refractivity contribution in [1.82, 2.24) is 9.78 Å². The number of aliphatic carboxylic acids is 1. The molecular weight excluding hydrogens is 577 g/mol. The molecule has 4 rings (SSSR count). The molecule has 41 heavy (non-hydrogen) atoms. The molecule has 0 spiro atoms. The van der Waals surface area contributed by atoms with Crippen LogP contribution in [0.4, 0.5) is 13.2 Å². The third-order valence-corrected chi connectivity index (χ3v) is 8.40. The Morgan fingerprint density at radius 1 is 0.976 bits per heavy atom. The van der Waals surface area contributed by atoms with Crippen LogP contribution in [0.2, 0.25) is 0 Å². The van der Waals surface area contributed by atoms with E-state index in [9.17, 15) is 31.5 Å². The van der Waals surface area contributed by atoms with E-state index in [0.717, 1.165) is 17.0 Å². The highest BCUT2D eigenvalue weighted by atomic mass is 32.2. The Balaban J connectivity index is 1.78. The third-order valence-electron chi connectivity index (χ3n) is 6.13. The van der Waals surface area contributed by atoms with Crippen LogP contribution in [0.25, 0.3) is 26.7 Å². The lowest BCUT2D eigenvalue weighted by Gasteiger charge is -2.32. The molecule has 0 amide bonds. The maximum absolute atomic E-state index is 13.8. The van der Waals surface area contributed by atoms with Crippen molar-refractivity contribution in [2.45, 2.75) is 50.8 Å². The van der Waals surface area contributed by atoms with Gasteiger partial charge in [0, 0.05) is 23.6 Å². The molecule has 1 N–H and O–H groups in total. The number of carboxylic acid groups (broad SMARTS) is 1. The topological polar surface area (TPSA) is 98.5 Å². The number of carboxylic acids is 1. The molecule has 0 radical (unpaired) electrons. The Hall–Kier alpha value is -3.64. The van der Waals surface area contributed by atoms with Crippen LogP contribution >= 0.6 is 11.3 Å². The zero-order chi connectivity index (χ0) is 30.4. The minimum atomic E-state index is -4.72. The second kappa shape index (κ2) is 10.6. The van der Waals surface area contributed by atoms with Crippen LogP contribution < -0.4 is 4.74 Å². The van der Waals surface area contributed by atoms with Gasteiger partial charge in [0.25, 0.3) is 0 Å². The molecule has 2 heterocycles. The molecule has 1 unspecified atom stereocenters. The monoisotopic (exact) mass is 606 g/mol.